The predicted octanol–water partition coefficient (Wildman–Crippen LogP) is 3.70. The zero-order chi connectivity index (χ0) is 21.9. The third-order valence-electron chi connectivity index (χ3n) is 5.87. The molecule has 1 aliphatic heterocycles. The summed E-state index contributed by atoms with van der Waals surface area (Å²) >= 11 is 0. The first-order valence-corrected chi connectivity index (χ1v) is 10.7. The van der Waals surface area contributed by atoms with E-state index in [0.717, 1.165) is 32.5 Å². The van der Waals surface area contributed by atoms with Crippen LogP contribution in [-0.2, 0) is 19.4 Å². The van der Waals surface area contributed by atoms with Crippen molar-refractivity contribution >= 4 is 5.82 Å². The van der Waals surface area contributed by atoms with Gasteiger partial charge in [0.05, 0.1) is 24.6 Å². The van der Waals surface area contributed by atoms with Crippen molar-refractivity contribution in [1.82, 2.24) is 29.9 Å². The fourth-order valence-electron chi connectivity index (χ4n) is 4.16. The van der Waals surface area contributed by atoms with Crippen LogP contribution in [0.1, 0.15) is 16.7 Å². The Labute approximate surface area is 185 Å². The summed E-state index contributed by atoms with van der Waals surface area (Å²) in [4.78, 5) is 6.96. The molecule has 164 valence electrons. The van der Waals surface area contributed by atoms with Crippen LogP contribution < -0.4 is 5.43 Å². The topological polar surface area (TPSA) is 124 Å². The molecule has 0 aliphatic carbocycles. The van der Waals surface area contributed by atoms with Crippen LogP contribution in [0.15, 0.2) is 52.4 Å². The summed E-state index contributed by atoms with van der Waals surface area (Å²) in [5.41, 5.74) is 15.0. The molecule has 0 spiro atoms. The fourth-order valence-corrected chi connectivity index (χ4v) is 4.16. The molecule has 0 radical (unpaired) electrons. The van der Waals surface area contributed by atoms with Crippen LogP contribution >= 0.6 is 0 Å². The molecule has 0 fully saturated rings. The second-order valence-electron chi connectivity index (χ2n) is 7.95. The molecule has 5 rings (SSSR count). The molecular formula is C22H25N9O. The third-order valence-corrected chi connectivity index (χ3v) is 5.87. The number of hydrogen-bond acceptors (Lipinski definition) is 7. The minimum atomic E-state index is 0.464. The van der Waals surface area contributed by atoms with Crippen molar-refractivity contribution in [3.63, 3.8) is 0 Å². The molecule has 10 nitrogen and oxygen atoms in total. The molecular weight excluding hydrogens is 406 g/mol. The predicted molar refractivity (Wildman–Crippen MR) is 119 cm³/mol. The SMILES string of the molecule is Cc1ccc2c(c1)CCN(CCn1ncc(-c3nc(-c4ccco4)n[nH]3)c1NN=N)CC2. The molecule has 32 heavy (non-hydrogen) atoms. The van der Waals surface area contributed by atoms with Crippen LogP contribution in [0.2, 0.25) is 0 Å². The van der Waals surface area contributed by atoms with Gasteiger partial charge in [0.2, 0.25) is 5.82 Å². The van der Waals surface area contributed by atoms with E-state index in [9.17, 15) is 0 Å². The Bertz CT molecular complexity index is 1210. The number of furan rings is 1. The van der Waals surface area contributed by atoms with E-state index in [4.69, 9.17) is 9.95 Å². The summed E-state index contributed by atoms with van der Waals surface area (Å²) in [5.74, 6) is 2.19. The Morgan fingerprint density at radius 1 is 1.19 bits per heavy atom. The normalized spacial score (nSPS) is 14.2. The number of aromatic amines is 1. The highest BCUT2D eigenvalue weighted by molar-refractivity contribution is 5.70. The summed E-state index contributed by atoms with van der Waals surface area (Å²) in [6.07, 6.45) is 5.40. The number of nitrogens with zero attached hydrogens (tertiary/aromatic N) is 6. The van der Waals surface area contributed by atoms with Gasteiger partial charge in [-0.1, -0.05) is 29.0 Å². The van der Waals surface area contributed by atoms with Crippen LogP contribution in [0.5, 0.6) is 0 Å². The molecule has 0 unspecified atom stereocenters. The molecule has 0 saturated carbocycles. The monoisotopic (exact) mass is 431 g/mol. The number of nitrogens with one attached hydrogen (secondary N) is 3. The van der Waals surface area contributed by atoms with Crippen LogP contribution in [0.25, 0.3) is 23.0 Å². The second kappa shape index (κ2) is 8.75. The average Bonchev–Trinajstić information content (AvgIpc) is 3.53. The Balaban J connectivity index is 1.30. The summed E-state index contributed by atoms with van der Waals surface area (Å²) < 4.78 is 7.19. The van der Waals surface area contributed by atoms with Crippen molar-refractivity contribution in [2.45, 2.75) is 26.3 Å². The third kappa shape index (κ3) is 4.04. The number of aryl methyl sites for hydroxylation is 1. The lowest BCUT2D eigenvalue weighted by molar-refractivity contribution is 0.271. The van der Waals surface area contributed by atoms with Gasteiger partial charge in [-0.15, -0.1) is 5.10 Å². The van der Waals surface area contributed by atoms with Gasteiger partial charge in [-0.2, -0.15) is 10.6 Å². The molecule has 0 atom stereocenters. The molecule has 3 N–H and O–H groups in total. The van der Waals surface area contributed by atoms with Gasteiger partial charge in [0.1, 0.15) is 0 Å². The largest absolute Gasteiger partial charge is 0.461 e. The van der Waals surface area contributed by atoms with Crippen molar-refractivity contribution in [3.8, 4) is 23.0 Å². The van der Waals surface area contributed by atoms with E-state index in [0.29, 0.717) is 35.3 Å². The highest BCUT2D eigenvalue weighted by Crippen LogP contribution is 2.27. The van der Waals surface area contributed by atoms with Gasteiger partial charge < -0.3 is 9.32 Å². The van der Waals surface area contributed by atoms with Gasteiger partial charge in [0, 0.05) is 19.6 Å². The number of benzene rings is 1. The lowest BCUT2D eigenvalue weighted by Gasteiger charge is -2.20. The molecule has 4 aromatic rings. The Morgan fingerprint density at radius 2 is 2.06 bits per heavy atom. The van der Waals surface area contributed by atoms with E-state index in [-0.39, 0.29) is 0 Å². The minimum absolute atomic E-state index is 0.464. The highest BCUT2D eigenvalue weighted by Gasteiger charge is 2.19. The van der Waals surface area contributed by atoms with Crippen LogP contribution in [-0.4, -0.2) is 49.5 Å². The van der Waals surface area contributed by atoms with E-state index in [2.05, 4.69) is 61.0 Å². The number of hydrogen-bond donors (Lipinski definition) is 3. The van der Waals surface area contributed by atoms with Crippen molar-refractivity contribution in [2.24, 2.45) is 5.22 Å². The molecule has 10 heteroatoms. The number of anilines is 1. The molecule has 3 aromatic heterocycles. The van der Waals surface area contributed by atoms with Gasteiger partial charge in [-0.25, -0.2) is 15.1 Å². The van der Waals surface area contributed by atoms with E-state index < -0.39 is 0 Å². The summed E-state index contributed by atoms with van der Waals surface area (Å²) in [6.45, 7) is 5.71. The maximum absolute atomic E-state index is 7.30. The van der Waals surface area contributed by atoms with Crippen molar-refractivity contribution < 1.29 is 4.42 Å². The van der Waals surface area contributed by atoms with E-state index in [1.165, 1.54) is 16.7 Å². The van der Waals surface area contributed by atoms with Gasteiger partial charge in [-0.3, -0.25) is 5.10 Å². The van der Waals surface area contributed by atoms with Gasteiger partial charge in [0.25, 0.3) is 0 Å². The first kappa shape index (κ1) is 20.1. The standard InChI is InChI=1S/C22H25N9O/c1-15-4-5-16-6-8-30(9-7-17(16)13-15)10-11-31-22(28-29-23)18(14-24-31)20-25-21(27-26-20)19-3-2-12-32-19/h2-5,12-14H,6-11H2,1H3,(H2,23,28)(H,25,26,27). The van der Waals surface area contributed by atoms with E-state index >= 15 is 0 Å². The molecule has 1 aliphatic rings. The number of fused-ring (bicyclic) bond motifs is 1. The van der Waals surface area contributed by atoms with Crippen LogP contribution in [0, 0.1) is 12.5 Å². The lowest BCUT2D eigenvalue weighted by atomic mass is 10.0. The quantitative estimate of drug-likeness (QED) is 0.303. The van der Waals surface area contributed by atoms with Crippen molar-refractivity contribution in [2.75, 3.05) is 25.1 Å². The smallest absolute Gasteiger partial charge is 0.217 e. The van der Waals surface area contributed by atoms with E-state index in [1.807, 2.05) is 4.68 Å². The summed E-state index contributed by atoms with van der Waals surface area (Å²) in [6, 6.07) is 10.4. The van der Waals surface area contributed by atoms with Crippen LogP contribution in [0.3, 0.4) is 0 Å². The average molecular weight is 432 g/mol. The fraction of sp³-hybridized carbons (Fsp3) is 0.318. The highest BCUT2D eigenvalue weighted by atomic mass is 16.3. The zero-order valence-corrected chi connectivity index (χ0v) is 17.9. The summed E-state index contributed by atoms with van der Waals surface area (Å²) in [5, 5.41) is 15.0. The Morgan fingerprint density at radius 3 is 2.88 bits per heavy atom. The first-order valence-electron chi connectivity index (χ1n) is 10.7. The number of rotatable bonds is 7. The minimum Gasteiger partial charge on any atom is -0.461 e. The maximum atomic E-state index is 7.30. The van der Waals surface area contributed by atoms with Crippen molar-refractivity contribution in [1.29, 1.82) is 5.53 Å². The first-order chi connectivity index (χ1) is 15.7. The summed E-state index contributed by atoms with van der Waals surface area (Å²) in [7, 11) is 0. The molecule has 1 aromatic carbocycles. The van der Waals surface area contributed by atoms with Gasteiger partial charge >= 0.3 is 0 Å². The van der Waals surface area contributed by atoms with Crippen molar-refractivity contribution in [3.05, 3.63) is 59.5 Å². The maximum Gasteiger partial charge on any atom is 0.217 e. The lowest BCUT2D eigenvalue weighted by Crippen LogP contribution is -2.30. The molecule has 0 bridgehead atoms. The van der Waals surface area contributed by atoms with Gasteiger partial charge in [0.15, 0.2) is 17.4 Å². The Hall–Kier alpha value is -3.79. The number of H-pyrrole nitrogens is 1. The second-order valence-corrected chi connectivity index (χ2v) is 7.95. The molecule has 0 saturated heterocycles. The van der Waals surface area contributed by atoms with E-state index in [1.54, 1.807) is 24.6 Å². The number of aromatic nitrogens is 5. The zero-order valence-electron chi connectivity index (χ0n) is 17.9. The Kier molecular flexibility index (Phi) is 5.51. The van der Waals surface area contributed by atoms with Gasteiger partial charge in [-0.05, 0) is 43.0 Å². The molecule has 0 amide bonds. The molecule has 4 heterocycles. The van der Waals surface area contributed by atoms with Crippen LogP contribution in [0.4, 0.5) is 5.82 Å².